The molecule has 0 aliphatic rings. The Hall–Kier alpha value is -4.09. The molecule has 3 heterocycles. The predicted octanol–water partition coefficient (Wildman–Crippen LogP) is 5.17. The Balaban J connectivity index is 1.22. The van der Waals surface area contributed by atoms with Crippen molar-refractivity contribution in [1.82, 2.24) is 29.9 Å². The summed E-state index contributed by atoms with van der Waals surface area (Å²) in [6.45, 7) is 3.17. The van der Waals surface area contributed by atoms with Crippen LogP contribution in [0.25, 0.3) is 21.9 Å². The molecule has 0 radical (unpaired) electrons. The van der Waals surface area contributed by atoms with Gasteiger partial charge in [-0.15, -0.1) is 10.2 Å². The molecule has 2 aromatic carbocycles. The van der Waals surface area contributed by atoms with Crippen LogP contribution in [0.1, 0.15) is 36.8 Å². The van der Waals surface area contributed by atoms with E-state index in [1.54, 1.807) is 13.1 Å². The minimum Gasteiger partial charge on any atom is -0.493 e. The summed E-state index contributed by atoms with van der Waals surface area (Å²) in [5.41, 5.74) is 0.684. The number of aromatic nitrogens is 6. The number of fused-ring (bicyclic) bond motifs is 2. The van der Waals surface area contributed by atoms with E-state index in [1.165, 1.54) is 10.9 Å². The third-order valence-electron chi connectivity index (χ3n) is 5.91. The molecule has 9 nitrogen and oxygen atoms in total. The van der Waals surface area contributed by atoms with E-state index in [-0.39, 0.29) is 11.0 Å². The summed E-state index contributed by atoms with van der Waals surface area (Å²) < 4.78 is 58.7. The number of hydrogen-bond donors (Lipinski definition) is 0. The molecule has 0 amide bonds. The van der Waals surface area contributed by atoms with E-state index in [0.29, 0.717) is 49.7 Å². The molecule has 5 aromatic rings. The van der Waals surface area contributed by atoms with Gasteiger partial charge in [-0.25, -0.2) is 0 Å². The maximum atomic E-state index is 13.2. The maximum absolute atomic E-state index is 13.2. The van der Waals surface area contributed by atoms with E-state index in [2.05, 4.69) is 20.6 Å². The smallest absolute Gasteiger partial charge is 0.437 e. The lowest BCUT2D eigenvalue weighted by Crippen LogP contribution is -2.07. The molecule has 0 saturated carbocycles. The number of hydrogen-bond acceptors (Lipinski definition) is 7. The van der Waals surface area contributed by atoms with E-state index < -0.39 is 11.9 Å². The zero-order valence-corrected chi connectivity index (χ0v) is 20.3. The van der Waals surface area contributed by atoms with Gasteiger partial charge in [0.2, 0.25) is 0 Å². The van der Waals surface area contributed by atoms with E-state index >= 15 is 0 Å². The van der Waals surface area contributed by atoms with Crippen molar-refractivity contribution >= 4 is 21.9 Å². The molecule has 0 N–H and O–H groups in total. The molecule has 0 bridgehead atoms. The van der Waals surface area contributed by atoms with Crippen molar-refractivity contribution in [3.63, 3.8) is 0 Å². The summed E-state index contributed by atoms with van der Waals surface area (Å²) >= 11 is 0. The predicted molar refractivity (Wildman–Crippen MR) is 128 cm³/mol. The van der Waals surface area contributed by atoms with Gasteiger partial charge < -0.3 is 18.6 Å². The zero-order chi connectivity index (χ0) is 26.0. The van der Waals surface area contributed by atoms with Gasteiger partial charge in [0.1, 0.15) is 11.5 Å². The first-order chi connectivity index (χ1) is 17.8. The molecule has 0 aliphatic carbocycles. The second kappa shape index (κ2) is 10.1. The van der Waals surface area contributed by atoms with Crippen LogP contribution < -0.4 is 9.47 Å². The largest absolute Gasteiger partial charge is 0.493 e. The van der Waals surface area contributed by atoms with Gasteiger partial charge in [-0.2, -0.15) is 18.0 Å². The molecule has 0 spiro atoms. The van der Waals surface area contributed by atoms with E-state index in [1.807, 2.05) is 42.0 Å². The molecule has 12 heteroatoms. The second-order valence-corrected chi connectivity index (χ2v) is 8.58. The number of ether oxygens (including phenoxy) is 2. The highest BCUT2D eigenvalue weighted by Gasteiger charge is 2.37. The Morgan fingerprint density at radius 2 is 1.81 bits per heavy atom. The fraction of sp³-hybridized carbons (Fsp3) is 0.360. The van der Waals surface area contributed by atoms with Gasteiger partial charge in [0.15, 0.2) is 17.1 Å². The lowest BCUT2D eigenvalue weighted by molar-refractivity contribution is -0.141. The van der Waals surface area contributed by atoms with Crippen LogP contribution in [0.2, 0.25) is 0 Å². The molecule has 0 fully saturated rings. The van der Waals surface area contributed by atoms with Gasteiger partial charge in [-0.3, -0.25) is 0 Å². The van der Waals surface area contributed by atoms with Crippen LogP contribution in [0, 0.1) is 0 Å². The summed E-state index contributed by atoms with van der Waals surface area (Å²) in [6.07, 6.45) is -0.814. The molecule has 0 unspecified atom stereocenters. The molecule has 37 heavy (non-hydrogen) atoms. The number of aryl methyl sites for hydroxylation is 2. The van der Waals surface area contributed by atoms with Gasteiger partial charge in [-0.05, 0) is 42.0 Å². The summed E-state index contributed by atoms with van der Waals surface area (Å²) in [7, 11) is 1.72. The van der Waals surface area contributed by atoms with Gasteiger partial charge >= 0.3 is 6.18 Å². The van der Waals surface area contributed by atoms with E-state index in [4.69, 9.17) is 14.0 Å². The molecule has 0 atom stereocenters. The van der Waals surface area contributed by atoms with Crippen LogP contribution in [0.4, 0.5) is 13.2 Å². The third-order valence-corrected chi connectivity index (χ3v) is 5.91. The Morgan fingerprint density at radius 1 is 1.00 bits per heavy atom. The van der Waals surface area contributed by atoms with E-state index in [9.17, 15) is 13.2 Å². The number of alkyl halides is 3. The maximum Gasteiger partial charge on any atom is 0.437 e. The molecule has 5 rings (SSSR count). The average Bonchev–Trinajstić information content (AvgIpc) is 3.59. The lowest BCUT2D eigenvalue weighted by atomic mass is 10.0. The van der Waals surface area contributed by atoms with Crippen LogP contribution in [0.5, 0.6) is 11.5 Å². The summed E-state index contributed by atoms with van der Waals surface area (Å²) in [5.74, 6) is 1.86. The van der Waals surface area contributed by atoms with Crippen LogP contribution >= 0.6 is 0 Å². The van der Waals surface area contributed by atoms with Crippen LogP contribution in [0.3, 0.4) is 0 Å². The Bertz CT molecular complexity index is 1520. The van der Waals surface area contributed by atoms with Crippen LogP contribution in [0.15, 0.2) is 47.1 Å². The summed E-state index contributed by atoms with van der Waals surface area (Å²) in [5, 5.41) is 16.3. The minimum absolute atomic E-state index is 0.0539. The molecular formula is C25H25F3N6O3. The Labute approximate surface area is 209 Å². The van der Waals surface area contributed by atoms with Gasteiger partial charge in [-0.1, -0.05) is 24.6 Å². The van der Waals surface area contributed by atoms with Crippen LogP contribution in [-0.4, -0.2) is 43.1 Å². The highest BCUT2D eigenvalue weighted by atomic mass is 19.4. The normalized spacial score (nSPS) is 12.0. The minimum atomic E-state index is -4.58. The van der Waals surface area contributed by atoms with Crippen molar-refractivity contribution < 1.29 is 27.2 Å². The molecular weight excluding hydrogens is 489 g/mol. The van der Waals surface area contributed by atoms with Crippen LogP contribution in [-0.2, 0) is 26.2 Å². The first kappa shape index (κ1) is 24.6. The fourth-order valence-electron chi connectivity index (χ4n) is 4.29. The summed E-state index contributed by atoms with van der Waals surface area (Å²) in [4.78, 5) is 1.42. The lowest BCUT2D eigenvalue weighted by Gasteiger charge is -2.12. The number of benzene rings is 2. The van der Waals surface area contributed by atoms with Gasteiger partial charge in [0, 0.05) is 23.6 Å². The Morgan fingerprint density at radius 3 is 2.54 bits per heavy atom. The third kappa shape index (κ3) is 5.09. The zero-order valence-electron chi connectivity index (χ0n) is 20.3. The second-order valence-electron chi connectivity index (χ2n) is 8.58. The van der Waals surface area contributed by atoms with Crippen molar-refractivity contribution in [3.05, 3.63) is 59.7 Å². The topological polar surface area (TPSA) is 93.0 Å². The number of halogens is 3. The van der Waals surface area contributed by atoms with E-state index in [0.717, 1.165) is 23.1 Å². The first-order valence-electron chi connectivity index (χ1n) is 11.9. The number of tetrazole rings is 1. The van der Waals surface area contributed by atoms with Crippen molar-refractivity contribution in [2.45, 2.75) is 38.9 Å². The monoisotopic (exact) mass is 514 g/mol. The SMILES string of the molecule is CCCc1c(OCCCOc2cccc3c2ccn3Cc2nnn(C)n2)ccc2c(C(F)(F)F)noc12. The van der Waals surface area contributed by atoms with Crippen molar-refractivity contribution in [2.24, 2.45) is 7.05 Å². The average molecular weight is 515 g/mol. The quantitative estimate of drug-likeness (QED) is 0.237. The van der Waals surface area contributed by atoms with Gasteiger partial charge in [0.25, 0.3) is 0 Å². The van der Waals surface area contributed by atoms with Crippen molar-refractivity contribution in [3.8, 4) is 11.5 Å². The van der Waals surface area contributed by atoms with Crippen molar-refractivity contribution in [1.29, 1.82) is 0 Å². The molecule has 3 aromatic heterocycles. The summed E-state index contributed by atoms with van der Waals surface area (Å²) in [6, 6.07) is 10.7. The standard InChI is InChI=1S/C25H25F3N6O3/c1-3-6-17-21(10-9-18-23(17)37-31-24(18)25(26,27)28)36-14-5-13-35-20-8-4-7-19-16(20)11-12-34(19)15-22-29-32-33(2)30-22/h4,7-12H,3,5-6,13-15H2,1-2H3. The highest BCUT2D eigenvalue weighted by molar-refractivity contribution is 5.86. The highest BCUT2D eigenvalue weighted by Crippen LogP contribution is 2.38. The molecule has 194 valence electrons. The fourth-order valence-corrected chi connectivity index (χ4v) is 4.29. The molecule has 0 aliphatic heterocycles. The number of nitrogens with zero attached hydrogens (tertiary/aromatic N) is 6. The van der Waals surface area contributed by atoms with Crippen molar-refractivity contribution in [2.75, 3.05) is 13.2 Å². The molecule has 0 saturated heterocycles. The first-order valence-corrected chi connectivity index (χ1v) is 11.9. The van der Waals surface area contributed by atoms with Gasteiger partial charge in [0.05, 0.1) is 37.7 Å². The number of rotatable bonds is 10. The Kier molecular flexibility index (Phi) is 6.72.